The maximum atomic E-state index is 11.2. The third-order valence-corrected chi connectivity index (χ3v) is 1.81. The number of rotatable bonds is 4. The van der Waals surface area contributed by atoms with Gasteiger partial charge >= 0.3 is 12.0 Å². The van der Waals surface area contributed by atoms with Crippen molar-refractivity contribution in [2.75, 3.05) is 6.54 Å². The van der Waals surface area contributed by atoms with Crippen molar-refractivity contribution in [1.29, 1.82) is 0 Å². The van der Waals surface area contributed by atoms with Crippen molar-refractivity contribution >= 4 is 17.9 Å². The molecule has 0 radical (unpaired) electrons. The number of amides is 3. The standard InChI is InChI=1S/C9H17N3O4/c1-9(2,3)6(7(14)15)12-8(16)11-4-5(10)13/h6H,4H2,1-3H3,(H2,10,13)(H,14,15)(H2,11,12,16)/t6-/m1/s1. The number of nitrogens with one attached hydrogen (secondary N) is 2. The predicted octanol–water partition coefficient (Wildman–Crippen LogP) is -0.730. The van der Waals surface area contributed by atoms with Crippen LogP contribution in [0.25, 0.3) is 0 Å². The average molecular weight is 231 g/mol. The van der Waals surface area contributed by atoms with Gasteiger partial charge in [-0.3, -0.25) is 4.79 Å². The Labute approximate surface area is 93.4 Å². The Hall–Kier alpha value is -1.79. The lowest BCUT2D eigenvalue weighted by Crippen LogP contribution is -2.53. The first kappa shape index (κ1) is 14.2. The van der Waals surface area contributed by atoms with E-state index in [-0.39, 0.29) is 6.54 Å². The minimum Gasteiger partial charge on any atom is -0.480 e. The van der Waals surface area contributed by atoms with E-state index >= 15 is 0 Å². The Kier molecular flexibility index (Phi) is 4.74. The fourth-order valence-corrected chi connectivity index (χ4v) is 0.998. The molecular weight excluding hydrogens is 214 g/mol. The van der Waals surface area contributed by atoms with Crippen LogP contribution < -0.4 is 16.4 Å². The summed E-state index contributed by atoms with van der Waals surface area (Å²) >= 11 is 0. The van der Waals surface area contributed by atoms with Crippen molar-refractivity contribution in [3.63, 3.8) is 0 Å². The van der Waals surface area contributed by atoms with E-state index < -0.39 is 29.4 Å². The Morgan fingerprint density at radius 1 is 1.31 bits per heavy atom. The molecular formula is C9H17N3O4. The number of nitrogens with two attached hydrogens (primary N) is 1. The SMILES string of the molecule is CC(C)(C)[C@H](NC(=O)NCC(N)=O)C(=O)O. The summed E-state index contributed by atoms with van der Waals surface area (Å²) in [5.41, 5.74) is 4.19. The molecule has 7 heteroatoms. The van der Waals surface area contributed by atoms with Gasteiger partial charge in [0.1, 0.15) is 6.04 Å². The van der Waals surface area contributed by atoms with Gasteiger partial charge in [0, 0.05) is 0 Å². The number of carboxylic acids is 1. The summed E-state index contributed by atoms with van der Waals surface area (Å²) in [6.45, 7) is 4.71. The van der Waals surface area contributed by atoms with Crippen molar-refractivity contribution in [3.05, 3.63) is 0 Å². The number of carbonyl (C=O) groups excluding carboxylic acids is 2. The maximum absolute atomic E-state index is 11.2. The maximum Gasteiger partial charge on any atom is 0.326 e. The Morgan fingerprint density at radius 3 is 2.12 bits per heavy atom. The second-order valence-electron chi connectivity index (χ2n) is 4.43. The molecule has 7 nitrogen and oxygen atoms in total. The fraction of sp³-hybridized carbons (Fsp3) is 0.667. The number of carboxylic acid groups (broad SMARTS) is 1. The predicted molar refractivity (Wildman–Crippen MR) is 56.6 cm³/mol. The van der Waals surface area contributed by atoms with E-state index in [0.717, 1.165) is 0 Å². The highest BCUT2D eigenvalue weighted by Gasteiger charge is 2.32. The number of primary amides is 1. The van der Waals surface area contributed by atoms with Crippen molar-refractivity contribution in [2.24, 2.45) is 11.1 Å². The van der Waals surface area contributed by atoms with Crippen LogP contribution in [-0.4, -0.2) is 35.6 Å². The molecule has 1 atom stereocenters. The third-order valence-electron chi connectivity index (χ3n) is 1.81. The number of hydrogen-bond acceptors (Lipinski definition) is 3. The molecule has 92 valence electrons. The highest BCUT2D eigenvalue weighted by Crippen LogP contribution is 2.19. The normalized spacial score (nSPS) is 12.7. The lowest BCUT2D eigenvalue weighted by Gasteiger charge is -2.27. The second-order valence-corrected chi connectivity index (χ2v) is 4.43. The lowest BCUT2D eigenvalue weighted by atomic mass is 9.87. The second kappa shape index (κ2) is 5.34. The summed E-state index contributed by atoms with van der Waals surface area (Å²) in [5.74, 6) is -1.83. The van der Waals surface area contributed by atoms with E-state index in [1.165, 1.54) is 0 Å². The van der Waals surface area contributed by atoms with Crippen LogP contribution in [-0.2, 0) is 9.59 Å². The highest BCUT2D eigenvalue weighted by molar-refractivity contribution is 5.86. The zero-order valence-corrected chi connectivity index (χ0v) is 9.53. The quantitative estimate of drug-likeness (QED) is 0.509. The van der Waals surface area contributed by atoms with Crippen LogP contribution >= 0.6 is 0 Å². The average Bonchev–Trinajstić information content (AvgIpc) is 2.08. The third kappa shape index (κ3) is 5.18. The zero-order valence-electron chi connectivity index (χ0n) is 9.53. The van der Waals surface area contributed by atoms with E-state index in [0.29, 0.717) is 0 Å². The summed E-state index contributed by atoms with van der Waals surface area (Å²) in [4.78, 5) is 32.5. The lowest BCUT2D eigenvalue weighted by molar-refractivity contribution is -0.141. The molecule has 0 unspecified atom stereocenters. The topological polar surface area (TPSA) is 122 Å². The number of carbonyl (C=O) groups is 3. The largest absolute Gasteiger partial charge is 0.480 e. The molecule has 3 amide bonds. The molecule has 16 heavy (non-hydrogen) atoms. The Balaban J connectivity index is 4.37. The first-order chi connectivity index (χ1) is 7.14. The van der Waals surface area contributed by atoms with Gasteiger partial charge in [0.25, 0.3) is 0 Å². The van der Waals surface area contributed by atoms with Gasteiger partial charge in [0.15, 0.2) is 0 Å². The zero-order chi connectivity index (χ0) is 12.9. The first-order valence-electron chi connectivity index (χ1n) is 4.70. The van der Waals surface area contributed by atoms with Crippen LogP contribution in [0.2, 0.25) is 0 Å². The van der Waals surface area contributed by atoms with Crippen LogP contribution in [0.5, 0.6) is 0 Å². The van der Waals surface area contributed by atoms with Gasteiger partial charge in [-0.1, -0.05) is 20.8 Å². The summed E-state index contributed by atoms with van der Waals surface area (Å²) in [6, 6.07) is -1.78. The number of hydrogen-bond donors (Lipinski definition) is 4. The van der Waals surface area contributed by atoms with Gasteiger partial charge in [-0.05, 0) is 5.41 Å². The minimum atomic E-state index is -1.14. The van der Waals surface area contributed by atoms with Crippen LogP contribution in [0.4, 0.5) is 4.79 Å². The molecule has 0 aromatic heterocycles. The van der Waals surface area contributed by atoms with E-state index in [9.17, 15) is 14.4 Å². The Bertz CT molecular complexity index is 296. The number of urea groups is 1. The molecule has 0 spiro atoms. The van der Waals surface area contributed by atoms with Crippen molar-refractivity contribution < 1.29 is 19.5 Å². The molecule has 0 aromatic carbocycles. The van der Waals surface area contributed by atoms with Crippen LogP contribution in [0.1, 0.15) is 20.8 Å². The fourth-order valence-electron chi connectivity index (χ4n) is 0.998. The van der Waals surface area contributed by atoms with E-state index in [1.54, 1.807) is 20.8 Å². The molecule has 0 aliphatic heterocycles. The van der Waals surface area contributed by atoms with Crippen LogP contribution in [0.15, 0.2) is 0 Å². The first-order valence-corrected chi connectivity index (χ1v) is 4.70. The highest BCUT2D eigenvalue weighted by atomic mass is 16.4. The van der Waals surface area contributed by atoms with Crippen molar-refractivity contribution in [2.45, 2.75) is 26.8 Å². The summed E-state index contributed by atoms with van der Waals surface area (Å²) in [6.07, 6.45) is 0. The monoisotopic (exact) mass is 231 g/mol. The molecule has 5 N–H and O–H groups in total. The molecule has 0 fully saturated rings. The summed E-state index contributed by atoms with van der Waals surface area (Å²) in [7, 11) is 0. The van der Waals surface area contributed by atoms with Gasteiger partial charge in [-0.2, -0.15) is 0 Å². The Morgan fingerprint density at radius 2 is 1.81 bits per heavy atom. The molecule has 0 bridgehead atoms. The molecule has 0 saturated carbocycles. The smallest absolute Gasteiger partial charge is 0.326 e. The molecule has 0 heterocycles. The van der Waals surface area contributed by atoms with Crippen LogP contribution in [0, 0.1) is 5.41 Å². The molecule has 0 aliphatic rings. The minimum absolute atomic E-state index is 0.331. The summed E-state index contributed by atoms with van der Waals surface area (Å²) in [5, 5.41) is 13.3. The molecule has 0 saturated heterocycles. The van der Waals surface area contributed by atoms with Gasteiger partial charge in [-0.25, -0.2) is 9.59 Å². The van der Waals surface area contributed by atoms with Crippen molar-refractivity contribution in [1.82, 2.24) is 10.6 Å². The van der Waals surface area contributed by atoms with E-state index in [2.05, 4.69) is 10.6 Å². The van der Waals surface area contributed by atoms with Gasteiger partial charge in [-0.15, -0.1) is 0 Å². The van der Waals surface area contributed by atoms with Gasteiger partial charge < -0.3 is 21.5 Å². The molecule has 0 rings (SSSR count). The van der Waals surface area contributed by atoms with Crippen molar-refractivity contribution in [3.8, 4) is 0 Å². The van der Waals surface area contributed by atoms with Crippen LogP contribution in [0.3, 0.4) is 0 Å². The van der Waals surface area contributed by atoms with E-state index in [1.807, 2.05) is 0 Å². The van der Waals surface area contributed by atoms with Gasteiger partial charge in [0.05, 0.1) is 6.54 Å². The number of aliphatic carboxylic acids is 1. The molecule has 0 aliphatic carbocycles. The van der Waals surface area contributed by atoms with E-state index in [4.69, 9.17) is 10.8 Å². The summed E-state index contributed by atoms with van der Waals surface area (Å²) < 4.78 is 0. The molecule has 0 aromatic rings. The van der Waals surface area contributed by atoms with Gasteiger partial charge in [0.2, 0.25) is 5.91 Å².